The molecule has 0 aliphatic heterocycles. The van der Waals surface area contributed by atoms with Gasteiger partial charge in [-0.2, -0.15) is 5.26 Å². The predicted molar refractivity (Wildman–Crippen MR) is 50.7 cm³/mol. The van der Waals surface area contributed by atoms with Crippen LogP contribution in [0.5, 0.6) is 5.88 Å². The number of nitrogens with zero attached hydrogens (tertiary/aromatic N) is 2. The van der Waals surface area contributed by atoms with E-state index in [4.69, 9.17) is 20.5 Å². The molecule has 1 aromatic heterocycles. The van der Waals surface area contributed by atoms with E-state index in [1.807, 2.05) is 6.07 Å². The Balaban J connectivity index is 2.65. The second-order valence-corrected chi connectivity index (χ2v) is 2.57. The highest BCUT2D eigenvalue weighted by Crippen LogP contribution is 2.18. The zero-order valence-corrected chi connectivity index (χ0v) is 7.86. The summed E-state index contributed by atoms with van der Waals surface area (Å²) < 4.78 is 10.0. The molecule has 0 spiro atoms. The van der Waals surface area contributed by atoms with Gasteiger partial charge in [-0.15, -0.1) is 0 Å². The zero-order valence-electron chi connectivity index (χ0n) is 7.86. The highest BCUT2D eigenvalue weighted by Gasteiger charge is 2.02. The SMILES string of the molecule is COCCOc1ncc(C#N)cc1N. The van der Waals surface area contributed by atoms with Crippen LogP contribution < -0.4 is 10.5 Å². The number of pyridine rings is 1. The van der Waals surface area contributed by atoms with Crippen LogP contribution in [-0.2, 0) is 4.74 Å². The van der Waals surface area contributed by atoms with E-state index in [0.29, 0.717) is 30.3 Å². The summed E-state index contributed by atoms with van der Waals surface area (Å²) in [6.45, 7) is 0.862. The molecule has 5 heteroatoms. The quantitative estimate of drug-likeness (QED) is 0.706. The number of rotatable bonds is 4. The van der Waals surface area contributed by atoms with Crippen LogP contribution >= 0.6 is 0 Å². The molecule has 0 saturated heterocycles. The van der Waals surface area contributed by atoms with Gasteiger partial charge in [-0.3, -0.25) is 0 Å². The molecule has 1 heterocycles. The summed E-state index contributed by atoms with van der Waals surface area (Å²) in [6.07, 6.45) is 1.42. The van der Waals surface area contributed by atoms with Gasteiger partial charge >= 0.3 is 0 Å². The number of aromatic nitrogens is 1. The third kappa shape index (κ3) is 2.61. The maximum Gasteiger partial charge on any atom is 0.237 e. The average molecular weight is 193 g/mol. The Morgan fingerprint density at radius 1 is 1.57 bits per heavy atom. The van der Waals surface area contributed by atoms with E-state index in [9.17, 15) is 0 Å². The molecule has 0 atom stereocenters. The molecule has 0 aromatic carbocycles. The molecule has 0 saturated carbocycles. The molecule has 2 N–H and O–H groups in total. The molecule has 1 rings (SSSR count). The van der Waals surface area contributed by atoms with Crippen molar-refractivity contribution in [1.82, 2.24) is 4.98 Å². The van der Waals surface area contributed by atoms with Crippen molar-refractivity contribution in [1.29, 1.82) is 5.26 Å². The predicted octanol–water partition coefficient (Wildman–Crippen LogP) is 0.561. The summed E-state index contributed by atoms with van der Waals surface area (Å²) in [7, 11) is 1.58. The van der Waals surface area contributed by atoms with Gasteiger partial charge in [-0.25, -0.2) is 4.98 Å². The first-order chi connectivity index (χ1) is 6.77. The van der Waals surface area contributed by atoms with Crippen LogP contribution in [-0.4, -0.2) is 25.3 Å². The molecule has 14 heavy (non-hydrogen) atoms. The van der Waals surface area contributed by atoms with Gasteiger partial charge in [0.25, 0.3) is 0 Å². The summed E-state index contributed by atoms with van der Waals surface area (Å²) in [4.78, 5) is 3.90. The van der Waals surface area contributed by atoms with E-state index in [2.05, 4.69) is 4.98 Å². The number of nitrogens with two attached hydrogens (primary N) is 1. The molecular formula is C9H11N3O2. The summed E-state index contributed by atoms with van der Waals surface area (Å²) >= 11 is 0. The smallest absolute Gasteiger partial charge is 0.237 e. The molecule has 74 valence electrons. The summed E-state index contributed by atoms with van der Waals surface area (Å²) in [6, 6.07) is 3.46. The lowest BCUT2D eigenvalue weighted by atomic mass is 10.3. The summed E-state index contributed by atoms with van der Waals surface area (Å²) in [5, 5.41) is 8.56. The van der Waals surface area contributed by atoms with Crippen LogP contribution in [0.25, 0.3) is 0 Å². The Morgan fingerprint density at radius 2 is 2.36 bits per heavy atom. The standard InChI is InChI=1S/C9H11N3O2/c1-13-2-3-14-9-8(11)4-7(5-10)6-12-9/h4,6H,2-3,11H2,1H3. The van der Waals surface area contributed by atoms with Gasteiger partial charge < -0.3 is 15.2 Å². The normalized spacial score (nSPS) is 9.43. The van der Waals surface area contributed by atoms with Crippen molar-refractivity contribution >= 4 is 5.69 Å². The van der Waals surface area contributed by atoms with Crippen molar-refractivity contribution in [2.24, 2.45) is 0 Å². The van der Waals surface area contributed by atoms with Gasteiger partial charge in [0.1, 0.15) is 12.7 Å². The molecule has 0 amide bonds. The Labute approximate surface area is 82.1 Å². The molecule has 0 aliphatic carbocycles. The number of ether oxygens (including phenoxy) is 2. The Morgan fingerprint density at radius 3 is 2.93 bits per heavy atom. The van der Waals surface area contributed by atoms with E-state index >= 15 is 0 Å². The van der Waals surface area contributed by atoms with Crippen molar-refractivity contribution in [3.8, 4) is 11.9 Å². The number of methoxy groups -OCH3 is 1. The van der Waals surface area contributed by atoms with Crippen molar-refractivity contribution in [2.75, 3.05) is 26.1 Å². The van der Waals surface area contributed by atoms with Crippen molar-refractivity contribution in [2.45, 2.75) is 0 Å². The largest absolute Gasteiger partial charge is 0.474 e. The average Bonchev–Trinajstić information content (AvgIpc) is 2.20. The zero-order chi connectivity index (χ0) is 10.4. The highest BCUT2D eigenvalue weighted by molar-refractivity contribution is 5.51. The summed E-state index contributed by atoms with van der Waals surface area (Å²) in [5.41, 5.74) is 6.38. The maximum atomic E-state index is 8.56. The van der Waals surface area contributed by atoms with E-state index in [1.54, 1.807) is 7.11 Å². The lowest BCUT2D eigenvalue weighted by Crippen LogP contribution is -2.07. The molecule has 0 unspecified atom stereocenters. The fourth-order valence-electron chi connectivity index (χ4n) is 0.873. The van der Waals surface area contributed by atoms with E-state index in [0.717, 1.165) is 0 Å². The maximum absolute atomic E-state index is 8.56. The lowest BCUT2D eigenvalue weighted by molar-refractivity contribution is 0.144. The first-order valence-electron chi connectivity index (χ1n) is 4.05. The number of nitrogen functional groups attached to an aromatic ring is 1. The van der Waals surface area contributed by atoms with E-state index < -0.39 is 0 Å². The van der Waals surface area contributed by atoms with Gasteiger partial charge in [0.15, 0.2) is 0 Å². The molecule has 1 aromatic rings. The van der Waals surface area contributed by atoms with Gasteiger partial charge in [-0.05, 0) is 6.07 Å². The van der Waals surface area contributed by atoms with Gasteiger partial charge in [0.05, 0.1) is 17.9 Å². The minimum atomic E-state index is 0.334. The highest BCUT2D eigenvalue weighted by atomic mass is 16.5. The molecule has 0 fully saturated rings. The van der Waals surface area contributed by atoms with E-state index in [1.165, 1.54) is 12.3 Å². The van der Waals surface area contributed by atoms with Crippen LogP contribution in [0.1, 0.15) is 5.56 Å². The number of anilines is 1. The number of hydrogen-bond donors (Lipinski definition) is 1. The van der Waals surface area contributed by atoms with Crippen molar-refractivity contribution in [3.63, 3.8) is 0 Å². The topological polar surface area (TPSA) is 81.2 Å². The van der Waals surface area contributed by atoms with Gasteiger partial charge in [-0.1, -0.05) is 0 Å². The van der Waals surface area contributed by atoms with Crippen LogP contribution in [0.15, 0.2) is 12.3 Å². The minimum Gasteiger partial charge on any atom is -0.474 e. The monoisotopic (exact) mass is 193 g/mol. The number of hydrogen-bond acceptors (Lipinski definition) is 5. The lowest BCUT2D eigenvalue weighted by Gasteiger charge is -2.06. The third-order valence-electron chi connectivity index (χ3n) is 1.53. The second-order valence-electron chi connectivity index (χ2n) is 2.57. The Hall–Kier alpha value is -1.80. The first-order valence-corrected chi connectivity index (χ1v) is 4.05. The first kappa shape index (κ1) is 10.3. The molecule has 5 nitrogen and oxygen atoms in total. The van der Waals surface area contributed by atoms with Crippen molar-refractivity contribution < 1.29 is 9.47 Å². The Kier molecular flexibility index (Phi) is 3.70. The summed E-state index contributed by atoms with van der Waals surface area (Å²) in [5.74, 6) is 0.334. The molecule has 0 bridgehead atoms. The molecule has 0 aliphatic rings. The van der Waals surface area contributed by atoms with Crippen LogP contribution in [0.2, 0.25) is 0 Å². The van der Waals surface area contributed by atoms with Gasteiger partial charge in [0.2, 0.25) is 5.88 Å². The fraction of sp³-hybridized carbons (Fsp3) is 0.333. The van der Waals surface area contributed by atoms with Crippen LogP contribution in [0.4, 0.5) is 5.69 Å². The number of nitriles is 1. The van der Waals surface area contributed by atoms with Crippen LogP contribution in [0, 0.1) is 11.3 Å². The molecular weight excluding hydrogens is 182 g/mol. The van der Waals surface area contributed by atoms with Gasteiger partial charge in [0, 0.05) is 13.3 Å². The minimum absolute atomic E-state index is 0.334. The molecule has 0 radical (unpaired) electrons. The second kappa shape index (κ2) is 5.04. The van der Waals surface area contributed by atoms with Crippen LogP contribution in [0.3, 0.4) is 0 Å². The third-order valence-corrected chi connectivity index (χ3v) is 1.53. The Bertz CT molecular complexity index is 346. The van der Waals surface area contributed by atoms with E-state index in [-0.39, 0.29) is 0 Å². The van der Waals surface area contributed by atoms with Crippen molar-refractivity contribution in [3.05, 3.63) is 17.8 Å². The fourth-order valence-corrected chi connectivity index (χ4v) is 0.873.